The molecule has 2 aromatic carbocycles. The highest BCUT2D eigenvalue weighted by atomic mass is 35.5. The molecule has 0 radical (unpaired) electrons. The zero-order valence-corrected chi connectivity index (χ0v) is 20.9. The van der Waals surface area contributed by atoms with E-state index in [1.54, 1.807) is 42.6 Å². The zero-order valence-electron chi connectivity index (χ0n) is 20.1. The van der Waals surface area contributed by atoms with Crippen LogP contribution in [-0.2, 0) is 6.54 Å². The Labute approximate surface area is 223 Å². The van der Waals surface area contributed by atoms with Crippen molar-refractivity contribution in [3.63, 3.8) is 0 Å². The number of furan rings is 1. The van der Waals surface area contributed by atoms with Crippen LogP contribution in [0.5, 0.6) is 0 Å². The topological polar surface area (TPSA) is 99.8 Å². The highest BCUT2D eigenvalue weighted by molar-refractivity contribution is 6.31. The van der Waals surface area contributed by atoms with Crippen LogP contribution in [0.25, 0.3) is 0 Å². The van der Waals surface area contributed by atoms with Crippen molar-refractivity contribution in [2.45, 2.75) is 6.54 Å². The van der Waals surface area contributed by atoms with Gasteiger partial charge in [0.15, 0.2) is 0 Å². The van der Waals surface area contributed by atoms with Crippen LogP contribution in [0.2, 0.25) is 5.02 Å². The van der Waals surface area contributed by atoms with Gasteiger partial charge in [0.1, 0.15) is 17.4 Å². The summed E-state index contributed by atoms with van der Waals surface area (Å²) in [5, 5.41) is 11.3. The first-order valence-corrected chi connectivity index (χ1v) is 11.6. The van der Waals surface area contributed by atoms with E-state index in [0.29, 0.717) is 17.7 Å². The third-order valence-corrected chi connectivity index (χ3v) is 5.49. The summed E-state index contributed by atoms with van der Waals surface area (Å²) in [7, 11) is 1.75. The van der Waals surface area contributed by atoms with Gasteiger partial charge in [-0.05, 0) is 60.2 Å². The van der Waals surface area contributed by atoms with Gasteiger partial charge < -0.3 is 15.1 Å². The lowest BCUT2D eigenvalue weighted by Crippen LogP contribution is -2.19. The van der Waals surface area contributed by atoms with E-state index < -0.39 is 17.6 Å². The Morgan fingerprint density at radius 2 is 1.95 bits per heavy atom. The summed E-state index contributed by atoms with van der Waals surface area (Å²) in [6.07, 6.45) is 9.80. The maximum atomic E-state index is 14.8. The molecule has 0 unspecified atom stereocenters. The van der Waals surface area contributed by atoms with Gasteiger partial charge in [-0.1, -0.05) is 23.6 Å². The van der Waals surface area contributed by atoms with Crippen LogP contribution >= 0.6 is 11.6 Å². The smallest absolute Gasteiger partial charge is 0.258 e. The fourth-order valence-electron chi connectivity index (χ4n) is 3.37. The summed E-state index contributed by atoms with van der Waals surface area (Å²) >= 11 is 6.08. The third-order valence-electron chi connectivity index (χ3n) is 5.25. The number of hydrogen-bond acceptors (Lipinski definition) is 6. The third kappa shape index (κ3) is 6.63. The van der Waals surface area contributed by atoms with Gasteiger partial charge in [-0.25, -0.2) is 9.37 Å². The molecule has 190 valence electrons. The monoisotopic (exact) mass is 529 g/mol. The molecule has 10 heteroatoms. The van der Waals surface area contributed by atoms with Crippen LogP contribution in [0, 0.1) is 18.2 Å². The summed E-state index contributed by atoms with van der Waals surface area (Å²) < 4.78 is 20.1. The Balaban J connectivity index is 1.46. The number of aromatic nitrogens is 1. The fourth-order valence-corrected chi connectivity index (χ4v) is 3.54. The van der Waals surface area contributed by atoms with E-state index >= 15 is 0 Å². The molecular weight excluding hydrogens is 509 g/mol. The normalized spacial score (nSPS) is 10.7. The SMILES string of the molecule is C#Cc1ccc(NC(=O)c2cc(Cl)ccc2NC(=O)c2ccc(C=NN(C)Cc3ccco3)cc2F)nc1. The number of halogens is 2. The molecule has 4 aromatic rings. The standard InChI is InChI=1S/C28H21ClFN5O3/c1-3-18-7-11-26(31-15-18)34-28(37)23-14-20(29)8-10-25(23)33-27(36)22-9-6-19(13-24(22)30)16-32-35(2)17-21-5-4-12-38-21/h1,4-16H,17H2,2H3,(H,33,36)(H,31,34,37). The highest BCUT2D eigenvalue weighted by Crippen LogP contribution is 2.23. The molecule has 2 N–H and O–H groups in total. The van der Waals surface area contributed by atoms with Gasteiger partial charge in [-0.15, -0.1) is 6.42 Å². The number of rotatable bonds is 8. The fraction of sp³-hybridized carbons (Fsp3) is 0.0714. The number of pyridine rings is 1. The maximum Gasteiger partial charge on any atom is 0.258 e. The lowest BCUT2D eigenvalue weighted by atomic mass is 10.1. The number of terminal acetylenes is 1. The first-order valence-electron chi connectivity index (χ1n) is 11.2. The Hall–Kier alpha value is -4.94. The van der Waals surface area contributed by atoms with Gasteiger partial charge in [-0.3, -0.25) is 14.6 Å². The maximum absolute atomic E-state index is 14.8. The van der Waals surface area contributed by atoms with Crippen molar-refractivity contribution >= 4 is 41.1 Å². The Bertz CT molecular complexity index is 1530. The van der Waals surface area contributed by atoms with Crippen molar-refractivity contribution in [2.24, 2.45) is 5.10 Å². The molecular formula is C28H21ClFN5O3. The molecule has 0 aliphatic carbocycles. The van der Waals surface area contributed by atoms with Gasteiger partial charge in [0.25, 0.3) is 11.8 Å². The van der Waals surface area contributed by atoms with Gasteiger partial charge >= 0.3 is 0 Å². The minimum absolute atomic E-state index is 0.0671. The van der Waals surface area contributed by atoms with Crippen molar-refractivity contribution < 1.29 is 18.4 Å². The van der Waals surface area contributed by atoms with Gasteiger partial charge in [-0.2, -0.15) is 5.10 Å². The van der Waals surface area contributed by atoms with E-state index in [0.717, 1.165) is 5.76 Å². The van der Waals surface area contributed by atoms with Gasteiger partial charge in [0.2, 0.25) is 0 Å². The van der Waals surface area contributed by atoms with Crippen LogP contribution in [0.4, 0.5) is 15.9 Å². The summed E-state index contributed by atoms with van der Waals surface area (Å²) in [4.78, 5) is 29.9. The Kier molecular flexibility index (Phi) is 8.16. The van der Waals surface area contributed by atoms with Crippen LogP contribution in [0.15, 0.2) is 82.6 Å². The summed E-state index contributed by atoms with van der Waals surface area (Å²) in [5.74, 6) is 1.36. The van der Waals surface area contributed by atoms with E-state index in [1.165, 1.54) is 42.7 Å². The van der Waals surface area contributed by atoms with Crippen molar-refractivity contribution in [2.75, 3.05) is 17.7 Å². The predicted octanol–water partition coefficient (Wildman–Crippen LogP) is 5.42. The predicted molar refractivity (Wildman–Crippen MR) is 144 cm³/mol. The highest BCUT2D eigenvalue weighted by Gasteiger charge is 2.18. The largest absolute Gasteiger partial charge is 0.467 e. The number of amides is 2. The second-order valence-corrected chi connectivity index (χ2v) is 8.49. The molecule has 0 saturated carbocycles. The number of nitrogens with one attached hydrogen (secondary N) is 2. The van der Waals surface area contributed by atoms with Crippen molar-refractivity contribution in [3.8, 4) is 12.3 Å². The van der Waals surface area contributed by atoms with Gasteiger partial charge in [0.05, 0.1) is 35.8 Å². The zero-order chi connectivity index (χ0) is 27.1. The average Bonchev–Trinajstić information content (AvgIpc) is 3.42. The number of carbonyl (C=O) groups excluding carboxylic acids is 2. The van der Waals surface area contributed by atoms with E-state index in [9.17, 15) is 14.0 Å². The van der Waals surface area contributed by atoms with E-state index in [4.69, 9.17) is 22.4 Å². The second kappa shape index (κ2) is 11.9. The quantitative estimate of drug-likeness (QED) is 0.180. The molecule has 0 saturated heterocycles. The van der Waals surface area contributed by atoms with Crippen molar-refractivity contribution in [3.05, 3.63) is 112 Å². The van der Waals surface area contributed by atoms with Crippen molar-refractivity contribution in [1.29, 1.82) is 0 Å². The molecule has 0 spiro atoms. The number of anilines is 2. The number of carbonyl (C=O) groups is 2. The van der Waals surface area contributed by atoms with Crippen LogP contribution in [0.1, 0.15) is 37.6 Å². The first kappa shape index (κ1) is 26.1. The minimum atomic E-state index is -0.752. The summed E-state index contributed by atoms with van der Waals surface area (Å²) in [6.45, 7) is 0.440. The van der Waals surface area contributed by atoms with E-state index in [-0.39, 0.29) is 27.7 Å². The summed E-state index contributed by atoms with van der Waals surface area (Å²) in [6, 6.07) is 15.2. The first-order chi connectivity index (χ1) is 18.3. The minimum Gasteiger partial charge on any atom is -0.467 e. The molecule has 0 aliphatic heterocycles. The van der Waals surface area contributed by atoms with E-state index in [1.807, 2.05) is 6.07 Å². The molecule has 0 aliphatic rings. The van der Waals surface area contributed by atoms with E-state index in [2.05, 4.69) is 26.6 Å². The second-order valence-electron chi connectivity index (χ2n) is 8.05. The van der Waals surface area contributed by atoms with Gasteiger partial charge in [0, 0.05) is 23.8 Å². The lowest BCUT2D eigenvalue weighted by molar-refractivity contribution is 0.102. The van der Waals surface area contributed by atoms with Crippen LogP contribution in [0.3, 0.4) is 0 Å². The Morgan fingerprint density at radius 3 is 2.63 bits per heavy atom. The molecule has 0 atom stereocenters. The number of hydrogen-bond donors (Lipinski definition) is 2. The molecule has 4 rings (SSSR count). The number of nitrogens with zero attached hydrogens (tertiary/aromatic N) is 3. The number of hydrazone groups is 1. The van der Waals surface area contributed by atoms with Crippen molar-refractivity contribution in [1.82, 2.24) is 9.99 Å². The average molecular weight is 530 g/mol. The molecule has 38 heavy (non-hydrogen) atoms. The lowest BCUT2D eigenvalue weighted by Gasteiger charge is -2.13. The molecule has 2 heterocycles. The van der Waals surface area contributed by atoms with Crippen LogP contribution < -0.4 is 10.6 Å². The Morgan fingerprint density at radius 1 is 1.13 bits per heavy atom. The molecule has 2 amide bonds. The molecule has 0 fully saturated rings. The molecule has 8 nitrogen and oxygen atoms in total. The van der Waals surface area contributed by atoms with Crippen LogP contribution in [-0.4, -0.2) is 35.1 Å². The number of benzene rings is 2. The molecule has 0 bridgehead atoms. The molecule has 2 aromatic heterocycles. The summed E-state index contributed by atoms with van der Waals surface area (Å²) in [5.41, 5.74) is 1.01.